The number of aliphatic carboxylic acids is 1. The Hall–Kier alpha value is -1.61. The van der Waals surface area contributed by atoms with E-state index in [4.69, 9.17) is 9.90 Å². The second-order valence-electron chi connectivity index (χ2n) is 3.87. The number of carboxylic acid groups (broad SMARTS) is 1. The average Bonchev–Trinajstić information content (AvgIpc) is 2.19. The van der Waals surface area contributed by atoms with Crippen LogP contribution in [0.5, 0.6) is 0 Å². The van der Waals surface area contributed by atoms with Crippen molar-refractivity contribution in [3.63, 3.8) is 0 Å². The molecular weight excluding hydrogens is 190 g/mol. The Labute approximate surface area is 90.9 Å². The lowest BCUT2D eigenvalue weighted by atomic mass is 10.3. The van der Waals surface area contributed by atoms with Gasteiger partial charge >= 0.3 is 0 Å². The molecule has 0 unspecified atom stereocenters. The molecule has 3 heteroatoms. The number of benzene rings is 1. The van der Waals surface area contributed by atoms with Gasteiger partial charge in [0, 0.05) is 0 Å². The summed E-state index contributed by atoms with van der Waals surface area (Å²) in [6, 6.07) is 10.5. The van der Waals surface area contributed by atoms with Crippen LogP contribution in [0.1, 0.15) is 0 Å². The van der Waals surface area contributed by atoms with Gasteiger partial charge in [-0.1, -0.05) is 24.8 Å². The smallest absolute Gasteiger partial charge is 0.132 e. The van der Waals surface area contributed by atoms with Crippen LogP contribution in [0.25, 0.3) is 0 Å². The third-order valence-electron chi connectivity index (χ3n) is 1.70. The number of rotatable bonds is 2. The van der Waals surface area contributed by atoms with Gasteiger partial charge in [0.1, 0.15) is 5.69 Å². The van der Waals surface area contributed by atoms with Crippen LogP contribution >= 0.6 is 0 Å². The van der Waals surface area contributed by atoms with Crippen molar-refractivity contribution in [3.8, 4) is 0 Å². The topological polar surface area (TPSA) is 40.1 Å². The summed E-state index contributed by atoms with van der Waals surface area (Å²) in [4.78, 5) is 9.14. The van der Waals surface area contributed by atoms with Crippen molar-refractivity contribution in [2.75, 3.05) is 21.1 Å². The number of carboxylic acids is 1. The lowest BCUT2D eigenvalue weighted by Gasteiger charge is -2.22. The molecule has 0 radical (unpaired) electrons. The second-order valence-corrected chi connectivity index (χ2v) is 3.87. The monoisotopic (exact) mass is 207 g/mol. The molecule has 15 heavy (non-hydrogen) atoms. The Balaban J connectivity index is 0.000000336. The van der Waals surface area contributed by atoms with Gasteiger partial charge in [0.25, 0.3) is 0 Å². The van der Waals surface area contributed by atoms with Gasteiger partial charge in [0.2, 0.25) is 0 Å². The van der Waals surface area contributed by atoms with Crippen molar-refractivity contribution in [2.45, 2.75) is 0 Å². The van der Waals surface area contributed by atoms with Gasteiger partial charge < -0.3 is 9.90 Å². The molecule has 0 bridgehead atoms. The molecule has 1 aromatic carbocycles. The van der Waals surface area contributed by atoms with Gasteiger partial charge in [-0.3, -0.25) is 4.48 Å². The van der Waals surface area contributed by atoms with Crippen molar-refractivity contribution in [1.29, 1.82) is 0 Å². The van der Waals surface area contributed by atoms with E-state index in [2.05, 4.69) is 52.0 Å². The van der Waals surface area contributed by atoms with Crippen LogP contribution in [0.4, 0.5) is 5.69 Å². The summed E-state index contributed by atoms with van der Waals surface area (Å²) < 4.78 is 0.890. The summed E-state index contributed by atoms with van der Waals surface area (Å²) in [7, 11) is 6.49. The molecule has 0 saturated carbocycles. The molecule has 0 aliphatic carbocycles. The summed E-state index contributed by atoms with van der Waals surface area (Å²) in [6.07, 6.45) is 0.722. The lowest BCUT2D eigenvalue weighted by Crippen LogP contribution is -2.34. The van der Waals surface area contributed by atoms with Crippen LogP contribution in [0, 0.1) is 0 Å². The highest BCUT2D eigenvalue weighted by Crippen LogP contribution is 2.14. The minimum absolute atomic E-state index is 0.722. The van der Waals surface area contributed by atoms with Crippen LogP contribution in [-0.2, 0) is 4.79 Å². The zero-order chi connectivity index (χ0) is 11.9. The van der Waals surface area contributed by atoms with E-state index in [1.807, 2.05) is 6.07 Å². The number of para-hydroxylation sites is 1. The van der Waals surface area contributed by atoms with E-state index >= 15 is 0 Å². The van der Waals surface area contributed by atoms with Crippen LogP contribution in [-0.4, -0.2) is 27.1 Å². The van der Waals surface area contributed by atoms with Gasteiger partial charge in [-0.15, -0.1) is 0 Å². The van der Waals surface area contributed by atoms with Crippen molar-refractivity contribution in [3.05, 3.63) is 43.0 Å². The molecule has 1 rings (SSSR count). The highest BCUT2D eigenvalue weighted by Gasteiger charge is 2.08. The predicted octanol–water partition coefficient (Wildman–Crippen LogP) is 0.806. The molecular formula is C12H17NO2. The van der Waals surface area contributed by atoms with E-state index in [1.165, 1.54) is 5.69 Å². The first-order chi connectivity index (χ1) is 6.88. The fourth-order valence-electron chi connectivity index (χ4n) is 0.875. The van der Waals surface area contributed by atoms with E-state index < -0.39 is 5.97 Å². The van der Waals surface area contributed by atoms with Crippen molar-refractivity contribution >= 4 is 11.7 Å². The largest absolute Gasteiger partial charge is 0.545 e. The number of nitrogens with zero attached hydrogens (tertiary/aromatic N) is 1. The zero-order valence-electron chi connectivity index (χ0n) is 9.43. The molecule has 0 aliphatic rings. The first-order valence-corrected chi connectivity index (χ1v) is 4.58. The molecule has 1 aromatic rings. The number of hydrogen-bond donors (Lipinski definition) is 0. The Bertz CT molecular complexity index is 312. The third kappa shape index (κ3) is 6.46. The zero-order valence-corrected chi connectivity index (χ0v) is 9.43. The van der Waals surface area contributed by atoms with Crippen LogP contribution < -0.4 is 9.59 Å². The molecule has 0 amide bonds. The van der Waals surface area contributed by atoms with E-state index in [1.54, 1.807) is 0 Å². The Kier molecular flexibility index (Phi) is 5.34. The Morgan fingerprint density at radius 3 is 1.87 bits per heavy atom. The molecule has 3 nitrogen and oxygen atoms in total. The summed E-state index contributed by atoms with van der Waals surface area (Å²) in [5.41, 5.74) is 1.34. The first-order valence-electron chi connectivity index (χ1n) is 4.58. The molecule has 0 aromatic heterocycles. The highest BCUT2D eigenvalue weighted by atomic mass is 16.4. The van der Waals surface area contributed by atoms with Crippen LogP contribution in [0.15, 0.2) is 43.0 Å². The standard InChI is InChI=1S/C9H14N.C3H4O2/c1-10(2,3)9-7-5-4-6-8-9;1-2-3(4)5/h4-8H,1-3H3;2H,1H2,(H,4,5)/q+1;/p-1. The minimum Gasteiger partial charge on any atom is -0.545 e. The molecule has 0 heterocycles. The molecule has 0 N–H and O–H groups in total. The summed E-state index contributed by atoms with van der Waals surface area (Å²) in [5.74, 6) is -1.23. The number of carbonyl (C=O) groups excluding carboxylic acids is 1. The van der Waals surface area contributed by atoms with Gasteiger partial charge in [-0.05, 0) is 18.2 Å². The summed E-state index contributed by atoms with van der Waals surface area (Å²) in [5, 5.41) is 9.14. The van der Waals surface area contributed by atoms with Gasteiger partial charge in [-0.25, -0.2) is 0 Å². The fourth-order valence-corrected chi connectivity index (χ4v) is 0.875. The maximum Gasteiger partial charge on any atom is 0.132 e. The third-order valence-corrected chi connectivity index (χ3v) is 1.70. The number of quaternary nitrogens is 1. The minimum atomic E-state index is -1.23. The highest BCUT2D eigenvalue weighted by molar-refractivity contribution is 5.76. The lowest BCUT2D eigenvalue weighted by molar-refractivity contribution is -0.297. The van der Waals surface area contributed by atoms with Gasteiger partial charge in [-0.2, -0.15) is 0 Å². The summed E-state index contributed by atoms with van der Waals surface area (Å²) in [6.45, 7) is 2.90. The molecule has 0 atom stereocenters. The van der Waals surface area contributed by atoms with Crippen molar-refractivity contribution in [1.82, 2.24) is 4.48 Å². The predicted molar refractivity (Wildman–Crippen MR) is 61.2 cm³/mol. The second kappa shape index (κ2) is 5.98. The molecule has 0 fully saturated rings. The number of carbonyl (C=O) groups is 1. The molecule has 82 valence electrons. The van der Waals surface area contributed by atoms with Crippen LogP contribution in [0.3, 0.4) is 0 Å². The first kappa shape index (κ1) is 13.4. The van der Waals surface area contributed by atoms with Crippen LogP contribution in [0.2, 0.25) is 0 Å². The van der Waals surface area contributed by atoms with E-state index in [9.17, 15) is 0 Å². The fraction of sp³-hybridized carbons (Fsp3) is 0.250. The van der Waals surface area contributed by atoms with E-state index in [0.29, 0.717) is 0 Å². The maximum atomic E-state index is 9.14. The average molecular weight is 207 g/mol. The Morgan fingerprint density at radius 2 is 1.67 bits per heavy atom. The Morgan fingerprint density at radius 1 is 1.27 bits per heavy atom. The van der Waals surface area contributed by atoms with Gasteiger partial charge in [0.15, 0.2) is 0 Å². The van der Waals surface area contributed by atoms with E-state index in [-0.39, 0.29) is 0 Å². The molecule has 0 aliphatic heterocycles. The molecule has 0 saturated heterocycles. The van der Waals surface area contributed by atoms with E-state index in [0.717, 1.165) is 10.6 Å². The van der Waals surface area contributed by atoms with Crippen molar-refractivity contribution < 1.29 is 9.90 Å². The maximum absolute atomic E-state index is 9.14. The SMILES string of the molecule is C=CC(=O)[O-].C[N+](C)(C)c1ccccc1. The van der Waals surface area contributed by atoms with Gasteiger partial charge in [0.05, 0.1) is 27.1 Å². The molecule has 0 spiro atoms. The normalized spacial score (nSPS) is 9.80. The quantitative estimate of drug-likeness (QED) is 0.532. The number of hydrogen-bond acceptors (Lipinski definition) is 2. The van der Waals surface area contributed by atoms with Crippen molar-refractivity contribution in [2.24, 2.45) is 0 Å². The summed E-state index contributed by atoms with van der Waals surface area (Å²) >= 11 is 0.